The molecule has 86 valence electrons. The molecule has 2 aromatic rings. The topological polar surface area (TPSA) is 17.1 Å². The third-order valence-corrected chi connectivity index (χ3v) is 3.18. The van der Waals surface area contributed by atoms with Crippen molar-refractivity contribution in [2.24, 2.45) is 0 Å². The van der Waals surface area contributed by atoms with Gasteiger partial charge < -0.3 is 0 Å². The van der Waals surface area contributed by atoms with Gasteiger partial charge in [-0.25, -0.2) is 0 Å². The molecular formula is C14H10Cl2O. The highest BCUT2D eigenvalue weighted by molar-refractivity contribution is 6.68. The van der Waals surface area contributed by atoms with Crippen LogP contribution < -0.4 is 0 Å². The Balaban J connectivity index is 2.34. The number of carbonyl (C=O) groups is 1. The molecule has 0 radical (unpaired) electrons. The maximum atomic E-state index is 11.2. The van der Waals surface area contributed by atoms with Gasteiger partial charge in [-0.3, -0.25) is 4.79 Å². The third-order valence-electron chi connectivity index (χ3n) is 2.53. The highest BCUT2D eigenvalue weighted by atomic mass is 35.5. The Morgan fingerprint density at radius 3 is 2.35 bits per heavy atom. The second kappa shape index (κ2) is 5.35. The quantitative estimate of drug-likeness (QED) is 0.756. The molecule has 0 fully saturated rings. The van der Waals surface area contributed by atoms with E-state index in [1.54, 1.807) is 12.1 Å². The summed E-state index contributed by atoms with van der Waals surface area (Å²) in [6.07, 6.45) is 0.692. The molecule has 0 saturated carbocycles. The molecule has 1 nitrogen and oxygen atoms in total. The van der Waals surface area contributed by atoms with Crippen molar-refractivity contribution in [2.75, 3.05) is 0 Å². The van der Waals surface area contributed by atoms with Crippen molar-refractivity contribution < 1.29 is 4.79 Å². The van der Waals surface area contributed by atoms with Gasteiger partial charge in [0, 0.05) is 0 Å². The van der Waals surface area contributed by atoms with Crippen LogP contribution in [0.25, 0.3) is 0 Å². The summed E-state index contributed by atoms with van der Waals surface area (Å²) in [5.74, 6) is 0. The molecule has 0 unspecified atom stereocenters. The maximum Gasteiger partial charge on any atom is 0.253 e. The van der Waals surface area contributed by atoms with Crippen molar-refractivity contribution in [1.29, 1.82) is 0 Å². The van der Waals surface area contributed by atoms with Crippen LogP contribution in [0.2, 0.25) is 5.02 Å². The summed E-state index contributed by atoms with van der Waals surface area (Å²) < 4.78 is 0. The molecule has 17 heavy (non-hydrogen) atoms. The molecule has 0 bridgehead atoms. The first-order valence-corrected chi connectivity index (χ1v) is 5.95. The lowest BCUT2D eigenvalue weighted by molar-refractivity contribution is 0.108. The van der Waals surface area contributed by atoms with Gasteiger partial charge in [-0.15, -0.1) is 0 Å². The van der Waals surface area contributed by atoms with Crippen LogP contribution in [0, 0.1) is 0 Å². The highest BCUT2D eigenvalue weighted by Gasteiger charge is 2.11. The summed E-state index contributed by atoms with van der Waals surface area (Å²) in [7, 11) is 0. The molecule has 0 saturated heterocycles. The summed E-state index contributed by atoms with van der Waals surface area (Å²) in [6, 6.07) is 15.3. The fourth-order valence-electron chi connectivity index (χ4n) is 1.68. The number of rotatable bonds is 3. The van der Waals surface area contributed by atoms with Gasteiger partial charge in [0.15, 0.2) is 0 Å². The molecule has 0 aliphatic heterocycles. The fourth-order valence-corrected chi connectivity index (χ4v) is 2.17. The number of carbonyl (C=O) groups excluding carboxylic acids is 1. The molecule has 0 aliphatic rings. The fraction of sp³-hybridized carbons (Fsp3) is 0.0714. The second-order valence-electron chi connectivity index (χ2n) is 3.71. The van der Waals surface area contributed by atoms with Crippen LogP contribution in [0.15, 0.2) is 48.5 Å². The molecule has 0 aliphatic carbocycles. The molecule has 0 atom stereocenters. The van der Waals surface area contributed by atoms with E-state index in [2.05, 4.69) is 0 Å². The minimum absolute atomic E-state index is 0.363. The largest absolute Gasteiger partial charge is 0.276 e. The van der Waals surface area contributed by atoms with E-state index < -0.39 is 5.24 Å². The molecule has 2 aromatic carbocycles. The molecular weight excluding hydrogens is 255 g/mol. The zero-order valence-corrected chi connectivity index (χ0v) is 10.5. The summed E-state index contributed by atoms with van der Waals surface area (Å²) >= 11 is 11.6. The van der Waals surface area contributed by atoms with E-state index in [-0.39, 0.29) is 0 Å². The molecule has 3 heteroatoms. The van der Waals surface area contributed by atoms with E-state index in [1.807, 2.05) is 36.4 Å². The summed E-state index contributed by atoms with van der Waals surface area (Å²) in [5, 5.41) is -0.0822. The van der Waals surface area contributed by atoms with Gasteiger partial charge in [-0.2, -0.15) is 0 Å². The predicted molar refractivity (Wildman–Crippen MR) is 70.9 cm³/mol. The van der Waals surface area contributed by atoms with Gasteiger partial charge in [0.25, 0.3) is 5.24 Å². The van der Waals surface area contributed by atoms with E-state index >= 15 is 0 Å². The van der Waals surface area contributed by atoms with Crippen LogP contribution in [0.3, 0.4) is 0 Å². The number of benzene rings is 2. The van der Waals surface area contributed by atoms with Crippen LogP contribution >= 0.6 is 23.2 Å². The Labute approximate surface area is 110 Å². The second-order valence-corrected chi connectivity index (χ2v) is 4.44. The Bertz CT molecular complexity index is 535. The van der Waals surface area contributed by atoms with Crippen LogP contribution in [0.5, 0.6) is 0 Å². The van der Waals surface area contributed by atoms with Crippen LogP contribution in [0.1, 0.15) is 21.5 Å². The SMILES string of the molecule is O=C(Cl)c1cccc(Cc2ccccc2)c1Cl. The van der Waals surface area contributed by atoms with Crippen LogP contribution in [-0.4, -0.2) is 5.24 Å². The number of halogens is 2. The first-order chi connectivity index (χ1) is 8.18. The van der Waals surface area contributed by atoms with E-state index in [1.165, 1.54) is 0 Å². The highest BCUT2D eigenvalue weighted by Crippen LogP contribution is 2.24. The lowest BCUT2D eigenvalue weighted by atomic mass is 10.0. The third kappa shape index (κ3) is 2.87. The first-order valence-electron chi connectivity index (χ1n) is 5.19. The van der Waals surface area contributed by atoms with Crippen LogP contribution in [-0.2, 0) is 6.42 Å². The standard InChI is InChI=1S/C14H10Cl2O/c15-13-11(7-4-8-12(13)14(16)17)9-10-5-2-1-3-6-10/h1-8H,9H2. The van der Waals surface area contributed by atoms with Crippen LogP contribution in [0.4, 0.5) is 0 Å². The normalized spacial score (nSPS) is 10.2. The van der Waals surface area contributed by atoms with Gasteiger partial charge in [-0.1, -0.05) is 54.1 Å². The molecule has 0 spiro atoms. The maximum absolute atomic E-state index is 11.2. The van der Waals surface area contributed by atoms with E-state index in [9.17, 15) is 4.79 Å². The van der Waals surface area contributed by atoms with Crippen molar-refractivity contribution in [2.45, 2.75) is 6.42 Å². The summed E-state index contributed by atoms with van der Waals surface area (Å²) in [6.45, 7) is 0. The summed E-state index contributed by atoms with van der Waals surface area (Å²) in [4.78, 5) is 11.2. The van der Waals surface area contributed by atoms with Gasteiger partial charge in [-0.05, 0) is 35.2 Å². The minimum atomic E-state index is -0.523. The van der Waals surface area contributed by atoms with Gasteiger partial charge in [0.05, 0.1) is 10.6 Å². The Morgan fingerprint density at radius 1 is 1.00 bits per heavy atom. The molecule has 0 N–H and O–H groups in total. The Morgan fingerprint density at radius 2 is 1.71 bits per heavy atom. The van der Waals surface area contributed by atoms with Crippen molar-refractivity contribution in [3.8, 4) is 0 Å². The molecule has 0 aromatic heterocycles. The van der Waals surface area contributed by atoms with E-state index in [0.29, 0.717) is 17.0 Å². The Kier molecular flexibility index (Phi) is 3.82. The van der Waals surface area contributed by atoms with Crippen molar-refractivity contribution >= 4 is 28.4 Å². The Hall–Kier alpha value is -1.31. The monoisotopic (exact) mass is 264 g/mol. The average Bonchev–Trinajstić information content (AvgIpc) is 2.33. The van der Waals surface area contributed by atoms with Crippen molar-refractivity contribution in [3.63, 3.8) is 0 Å². The molecule has 0 amide bonds. The van der Waals surface area contributed by atoms with Crippen molar-refractivity contribution in [3.05, 3.63) is 70.2 Å². The van der Waals surface area contributed by atoms with Crippen molar-refractivity contribution in [1.82, 2.24) is 0 Å². The summed E-state index contributed by atoms with van der Waals surface area (Å²) in [5.41, 5.74) is 2.42. The molecule has 0 heterocycles. The lowest BCUT2D eigenvalue weighted by Gasteiger charge is -2.07. The molecule has 2 rings (SSSR count). The number of hydrogen-bond donors (Lipinski definition) is 0. The van der Waals surface area contributed by atoms with E-state index in [4.69, 9.17) is 23.2 Å². The lowest BCUT2D eigenvalue weighted by Crippen LogP contribution is -1.96. The van der Waals surface area contributed by atoms with E-state index in [0.717, 1.165) is 11.1 Å². The first kappa shape index (κ1) is 12.2. The zero-order valence-electron chi connectivity index (χ0n) is 8.99. The average molecular weight is 265 g/mol. The van der Waals surface area contributed by atoms with Gasteiger partial charge in [0.2, 0.25) is 0 Å². The predicted octanol–water partition coefficient (Wildman–Crippen LogP) is 4.31. The smallest absolute Gasteiger partial charge is 0.253 e. The van der Waals surface area contributed by atoms with Gasteiger partial charge >= 0.3 is 0 Å². The minimum Gasteiger partial charge on any atom is -0.276 e. The number of hydrogen-bond acceptors (Lipinski definition) is 1. The van der Waals surface area contributed by atoms with Gasteiger partial charge in [0.1, 0.15) is 0 Å². The zero-order chi connectivity index (χ0) is 12.3.